The van der Waals surface area contributed by atoms with Gasteiger partial charge in [-0.3, -0.25) is 5.01 Å². The monoisotopic (exact) mass is 384 g/mol. The molecule has 6 heteroatoms. The number of hydrogen-bond donors (Lipinski definition) is 1. The normalized spacial score (nSPS) is 20.6. The summed E-state index contributed by atoms with van der Waals surface area (Å²) in [5.74, 6) is 2.83. The number of fused-ring (bicyclic) bond motifs is 3. The average molecular weight is 385 g/mol. The summed E-state index contributed by atoms with van der Waals surface area (Å²) < 4.78 is 11.9. The van der Waals surface area contributed by atoms with Crippen LogP contribution in [0.1, 0.15) is 35.6 Å². The zero-order valence-electron chi connectivity index (χ0n) is 15.8. The Labute approximate surface area is 164 Å². The summed E-state index contributed by atoms with van der Waals surface area (Å²) in [6.07, 6.45) is 3.55. The van der Waals surface area contributed by atoms with E-state index in [9.17, 15) is 5.11 Å². The molecule has 142 valence electrons. The van der Waals surface area contributed by atoms with Crippen molar-refractivity contribution < 1.29 is 14.6 Å². The Bertz CT molecular complexity index is 884. The highest BCUT2D eigenvalue weighted by atomic mass is 32.2. The highest BCUT2D eigenvalue weighted by Gasteiger charge is 2.41. The number of phenols is 1. The highest BCUT2D eigenvalue weighted by Crippen LogP contribution is 2.47. The summed E-state index contributed by atoms with van der Waals surface area (Å²) >= 11 is 1.80. The van der Waals surface area contributed by atoms with E-state index in [1.807, 2.05) is 31.2 Å². The molecule has 1 N–H and O–H groups in total. The van der Waals surface area contributed by atoms with Gasteiger partial charge in [0.2, 0.25) is 0 Å². The van der Waals surface area contributed by atoms with Gasteiger partial charge in [0, 0.05) is 24.0 Å². The third-order valence-corrected chi connectivity index (χ3v) is 5.76. The summed E-state index contributed by atoms with van der Waals surface area (Å²) in [4.78, 5) is 0. The first-order chi connectivity index (χ1) is 13.1. The SMILES string of the molecule is COc1cccc2c1O[C@H](CCSC)N1N=C(c3cc(C)ccc3O)C[C@H]21. The van der Waals surface area contributed by atoms with Crippen LogP contribution in [0.15, 0.2) is 41.5 Å². The van der Waals surface area contributed by atoms with Crippen LogP contribution in [0.4, 0.5) is 0 Å². The third kappa shape index (κ3) is 3.23. The van der Waals surface area contributed by atoms with Crippen molar-refractivity contribution in [3.05, 3.63) is 53.1 Å². The number of rotatable bonds is 5. The van der Waals surface area contributed by atoms with Gasteiger partial charge in [-0.25, -0.2) is 0 Å². The lowest BCUT2D eigenvalue weighted by Crippen LogP contribution is -2.40. The molecule has 0 spiro atoms. The minimum absolute atomic E-state index is 0.0885. The molecule has 2 aliphatic heterocycles. The largest absolute Gasteiger partial charge is 0.507 e. The van der Waals surface area contributed by atoms with Crippen molar-refractivity contribution in [2.75, 3.05) is 19.1 Å². The Balaban J connectivity index is 1.75. The van der Waals surface area contributed by atoms with E-state index in [0.717, 1.165) is 52.5 Å². The molecule has 4 rings (SSSR count). The molecule has 2 aromatic carbocycles. The van der Waals surface area contributed by atoms with E-state index in [1.165, 1.54) is 0 Å². The fourth-order valence-electron chi connectivity index (χ4n) is 3.77. The maximum Gasteiger partial charge on any atom is 0.188 e. The summed E-state index contributed by atoms with van der Waals surface area (Å²) in [5.41, 5.74) is 3.89. The van der Waals surface area contributed by atoms with Gasteiger partial charge in [-0.2, -0.15) is 16.9 Å². The second kappa shape index (κ2) is 7.35. The molecule has 5 nitrogen and oxygen atoms in total. The number of hydrazone groups is 1. The van der Waals surface area contributed by atoms with Gasteiger partial charge >= 0.3 is 0 Å². The Hall–Kier alpha value is -2.34. The average Bonchev–Trinajstić information content (AvgIpc) is 3.13. The second-order valence-electron chi connectivity index (χ2n) is 6.90. The molecule has 0 bridgehead atoms. The van der Waals surface area contributed by atoms with E-state index in [0.29, 0.717) is 0 Å². The first kappa shape index (κ1) is 18.0. The topological polar surface area (TPSA) is 54.3 Å². The van der Waals surface area contributed by atoms with Gasteiger partial charge in [0.05, 0.1) is 18.9 Å². The maximum absolute atomic E-state index is 10.4. The molecule has 2 aromatic rings. The molecule has 0 radical (unpaired) electrons. The zero-order valence-corrected chi connectivity index (χ0v) is 16.6. The van der Waals surface area contributed by atoms with Gasteiger partial charge in [-0.05, 0) is 37.1 Å². The number of phenolic OH excluding ortho intramolecular Hbond substituents is 1. The molecule has 0 amide bonds. The number of aryl methyl sites for hydroxylation is 1. The van der Waals surface area contributed by atoms with Crippen molar-refractivity contribution in [3.8, 4) is 17.2 Å². The van der Waals surface area contributed by atoms with Crippen molar-refractivity contribution >= 4 is 17.5 Å². The molecular weight excluding hydrogens is 360 g/mol. The van der Waals surface area contributed by atoms with Crippen molar-refractivity contribution in [1.82, 2.24) is 5.01 Å². The first-order valence-corrected chi connectivity index (χ1v) is 10.5. The van der Waals surface area contributed by atoms with E-state index in [-0.39, 0.29) is 18.0 Å². The number of ether oxygens (including phenoxy) is 2. The summed E-state index contributed by atoms with van der Waals surface area (Å²) in [6.45, 7) is 2.02. The van der Waals surface area contributed by atoms with Crippen LogP contribution in [0.2, 0.25) is 0 Å². The molecule has 0 fully saturated rings. The lowest BCUT2D eigenvalue weighted by atomic mass is 9.95. The Morgan fingerprint density at radius 1 is 1.33 bits per heavy atom. The van der Waals surface area contributed by atoms with E-state index < -0.39 is 0 Å². The molecular formula is C21H24N2O3S. The quantitative estimate of drug-likeness (QED) is 0.831. The molecule has 2 aliphatic rings. The summed E-state index contributed by atoms with van der Waals surface area (Å²) in [5, 5.41) is 17.3. The molecule has 0 saturated heterocycles. The van der Waals surface area contributed by atoms with Crippen molar-refractivity contribution in [2.24, 2.45) is 5.10 Å². The van der Waals surface area contributed by atoms with Gasteiger partial charge in [0.25, 0.3) is 0 Å². The Morgan fingerprint density at radius 2 is 2.19 bits per heavy atom. The van der Waals surface area contributed by atoms with Gasteiger partial charge in [0.15, 0.2) is 17.7 Å². The number of aromatic hydroxyl groups is 1. The fraction of sp³-hybridized carbons (Fsp3) is 0.381. The molecule has 27 heavy (non-hydrogen) atoms. The number of hydrogen-bond acceptors (Lipinski definition) is 6. The smallest absolute Gasteiger partial charge is 0.188 e. The molecule has 0 aliphatic carbocycles. The molecule has 0 unspecified atom stereocenters. The molecule has 0 saturated carbocycles. The van der Waals surface area contributed by atoms with E-state index in [4.69, 9.17) is 14.6 Å². The maximum atomic E-state index is 10.4. The number of thioether (sulfide) groups is 1. The third-order valence-electron chi connectivity index (χ3n) is 5.11. The van der Waals surface area contributed by atoms with E-state index >= 15 is 0 Å². The minimum atomic E-state index is -0.143. The Kier molecular flexibility index (Phi) is 4.91. The van der Waals surface area contributed by atoms with E-state index in [1.54, 1.807) is 24.9 Å². The van der Waals surface area contributed by atoms with Crippen LogP contribution in [0, 0.1) is 6.92 Å². The zero-order chi connectivity index (χ0) is 19.0. The van der Waals surface area contributed by atoms with Crippen LogP contribution in [0.5, 0.6) is 17.2 Å². The van der Waals surface area contributed by atoms with Crippen LogP contribution < -0.4 is 9.47 Å². The fourth-order valence-corrected chi connectivity index (χ4v) is 4.21. The Morgan fingerprint density at radius 3 is 2.96 bits per heavy atom. The van der Waals surface area contributed by atoms with Crippen LogP contribution in [0.3, 0.4) is 0 Å². The van der Waals surface area contributed by atoms with Gasteiger partial charge < -0.3 is 14.6 Å². The van der Waals surface area contributed by atoms with Crippen LogP contribution in [0.25, 0.3) is 0 Å². The summed E-state index contributed by atoms with van der Waals surface area (Å²) in [7, 11) is 1.67. The number of benzene rings is 2. The van der Waals surface area contributed by atoms with Crippen molar-refractivity contribution in [2.45, 2.75) is 32.0 Å². The van der Waals surface area contributed by atoms with Gasteiger partial charge in [0.1, 0.15) is 5.75 Å². The van der Waals surface area contributed by atoms with Crippen LogP contribution >= 0.6 is 11.8 Å². The molecule has 2 heterocycles. The van der Waals surface area contributed by atoms with E-state index in [2.05, 4.69) is 17.3 Å². The molecule has 2 atom stereocenters. The first-order valence-electron chi connectivity index (χ1n) is 9.10. The minimum Gasteiger partial charge on any atom is -0.507 e. The van der Waals surface area contributed by atoms with Crippen LogP contribution in [-0.2, 0) is 0 Å². The van der Waals surface area contributed by atoms with Crippen molar-refractivity contribution in [3.63, 3.8) is 0 Å². The number of para-hydroxylation sites is 1. The predicted molar refractivity (Wildman–Crippen MR) is 109 cm³/mol. The number of methoxy groups -OCH3 is 1. The van der Waals surface area contributed by atoms with Gasteiger partial charge in [-0.1, -0.05) is 23.8 Å². The summed E-state index contributed by atoms with van der Waals surface area (Å²) in [6, 6.07) is 11.7. The highest BCUT2D eigenvalue weighted by molar-refractivity contribution is 7.98. The number of nitrogens with zero attached hydrogens (tertiary/aromatic N) is 2. The molecule has 0 aromatic heterocycles. The predicted octanol–water partition coefficient (Wildman–Crippen LogP) is 4.33. The van der Waals surface area contributed by atoms with Crippen LogP contribution in [-0.4, -0.2) is 41.2 Å². The standard InChI is InChI=1S/C21H24N2O3S/c1-13-7-8-18(24)15(11-13)16-12-17-14-5-4-6-19(25-2)21(14)26-20(9-10-27-3)23(17)22-16/h4-8,11,17,20,24H,9-10,12H2,1-3H3/t17-,20-/m1/s1. The van der Waals surface area contributed by atoms with Crippen molar-refractivity contribution in [1.29, 1.82) is 0 Å². The lowest BCUT2D eigenvalue weighted by Gasteiger charge is -2.38. The lowest BCUT2D eigenvalue weighted by molar-refractivity contribution is -0.0198. The second-order valence-corrected chi connectivity index (χ2v) is 7.89. The van der Waals surface area contributed by atoms with Gasteiger partial charge in [-0.15, -0.1) is 0 Å².